The molecule has 3 nitrogen and oxygen atoms in total. The van der Waals surface area contributed by atoms with Gasteiger partial charge in [0.05, 0.1) is 0 Å². The molecular formula is C16H22N2O. The summed E-state index contributed by atoms with van der Waals surface area (Å²) in [6.07, 6.45) is 4.14. The first kappa shape index (κ1) is 12.7. The van der Waals surface area contributed by atoms with Gasteiger partial charge in [-0.3, -0.25) is 4.79 Å². The number of hydrogen-bond acceptors (Lipinski definition) is 2. The fourth-order valence-electron chi connectivity index (χ4n) is 3.37. The SMILES string of the molecule is O=C(C[C@H]1NCC[C@@H]1c1ccccc1)N1CCCC1. The summed E-state index contributed by atoms with van der Waals surface area (Å²) in [5.74, 6) is 0.825. The van der Waals surface area contributed by atoms with E-state index in [1.54, 1.807) is 0 Å². The van der Waals surface area contributed by atoms with E-state index in [1.807, 2.05) is 4.90 Å². The van der Waals surface area contributed by atoms with Crippen molar-refractivity contribution in [3.05, 3.63) is 35.9 Å². The lowest BCUT2D eigenvalue weighted by atomic mass is 9.90. The van der Waals surface area contributed by atoms with Crippen LogP contribution >= 0.6 is 0 Å². The molecule has 0 unspecified atom stereocenters. The second kappa shape index (κ2) is 5.74. The lowest BCUT2D eigenvalue weighted by Gasteiger charge is -2.22. The van der Waals surface area contributed by atoms with Crippen LogP contribution in [0.1, 0.15) is 37.2 Å². The fourth-order valence-corrected chi connectivity index (χ4v) is 3.37. The summed E-state index contributed by atoms with van der Waals surface area (Å²) in [7, 11) is 0. The molecule has 102 valence electrons. The van der Waals surface area contributed by atoms with Crippen molar-refractivity contribution in [3.8, 4) is 0 Å². The zero-order chi connectivity index (χ0) is 13.1. The minimum absolute atomic E-state index is 0.315. The van der Waals surface area contributed by atoms with Gasteiger partial charge in [0.25, 0.3) is 0 Å². The highest BCUT2D eigenvalue weighted by Gasteiger charge is 2.31. The Morgan fingerprint density at radius 3 is 2.68 bits per heavy atom. The Labute approximate surface area is 115 Å². The van der Waals surface area contributed by atoms with E-state index in [9.17, 15) is 4.79 Å². The monoisotopic (exact) mass is 258 g/mol. The first-order valence-corrected chi connectivity index (χ1v) is 7.41. The maximum atomic E-state index is 12.3. The molecule has 0 spiro atoms. The van der Waals surface area contributed by atoms with E-state index < -0.39 is 0 Å². The maximum Gasteiger partial charge on any atom is 0.224 e. The van der Waals surface area contributed by atoms with Gasteiger partial charge in [-0.1, -0.05) is 30.3 Å². The lowest BCUT2D eigenvalue weighted by molar-refractivity contribution is -0.130. The second-order valence-corrected chi connectivity index (χ2v) is 5.66. The largest absolute Gasteiger partial charge is 0.343 e. The van der Waals surface area contributed by atoms with Gasteiger partial charge < -0.3 is 10.2 Å². The zero-order valence-electron chi connectivity index (χ0n) is 11.3. The summed E-state index contributed by atoms with van der Waals surface area (Å²) in [5.41, 5.74) is 1.37. The summed E-state index contributed by atoms with van der Waals surface area (Å²) in [4.78, 5) is 14.3. The van der Waals surface area contributed by atoms with Gasteiger partial charge in [0.1, 0.15) is 0 Å². The van der Waals surface area contributed by atoms with Crippen molar-refractivity contribution in [2.45, 2.75) is 37.6 Å². The lowest BCUT2D eigenvalue weighted by Crippen LogP contribution is -2.36. The van der Waals surface area contributed by atoms with Crippen LogP contribution in [0.5, 0.6) is 0 Å². The quantitative estimate of drug-likeness (QED) is 0.901. The normalized spacial score (nSPS) is 26.8. The van der Waals surface area contributed by atoms with Gasteiger partial charge in [0, 0.05) is 31.5 Å². The second-order valence-electron chi connectivity index (χ2n) is 5.66. The number of benzene rings is 1. The van der Waals surface area contributed by atoms with Crippen LogP contribution in [0.4, 0.5) is 0 Å². The molecule has 2 fully saturated rings. The summed E-state index contributed by atoms with van der Waals surface area (Å²) < 4.78 is 0. The summed E-state index contributed by atoms with van der Waals surface area (Å²) >= 11 is 0. The van der Waals surface area contributed by atoms with Crippen LogP contribution in [0.3, 0.4) is 0 Å². The highest BCUT2D eigenvalue weighted by molar-refractivity contribution is 5.77. The van der Waals surface area contributed by atoms with Crippen molar-refractivity contribution in [1.82, 2.24) is 10.2 Å². The van der Waals surface area contributed by atoms with Crippen LogP contribution in [-0.2, 0) is 4.79 Å². The Balaban J connectivity index is 1.65. The third kappa shape index (κ3) is 2.81. The first-order valence-electron chi connectivity index (χ1n) is 7.41. The van der Waals surface area contributed by atoms with E-state index in [1.165, 1.54) is 18.4 Å². The molecule has 1 aromatic rings. The fraction of sp³-hybridized carbons (Fsp3) is 0.562. The Morgan fingerprint density at radius 1 is 1.21 bits per heavy atom. The number of nitrogens with zero attached hydrogens (tertiary/aromatic N) is 1. The Hall–Kier alpha value is -1.35. The van der Waals surface area contributed by atoms with Gasteiger partial charge >= 0.3 is 0 Å². The zero-order valence-corrected chi connectivity index (χ0v) is 11.3. The predicted molar refractivity (Wildman–Crippen MR) is 76.0 cm³/mol. The molecule has 0 bridgehead atoms. The van der Waals surface area contributed by atoms with Gasteiger partial charge in [-0.25, -0.2) is 0 Å². The summed E-state index contributed by atoms with van der Waals surface area (Å²) in [5, 5.41) is 3.51. The number of likely N-dealkylation sites (tertiary alicyclic amines) is 1. The maximum absolute atomic E-state index is 12.3. The molecule has 0 aliphatic carbocycles. The molecular weight excluding hydrogens is 236 g/mol. The highest BCUT2D eigenvalue weighted by Crippen LogP contribution is 2.29. The van der Waals surface area contributed by atoms with Gasteiger partial charge in [-0.15, -0.1) is 0 Å². The number of rotatable bonds is 3. The third-order valence-electron chi connectivity index (χ3n) is 4.43. The molecule has 3 rings (SSSR count). The molecule has 0 saturated carbocycles. The summed E-state index contributed by atoms with van der Waals surface area (Å²) in [6, 6.07) is 10.9. The van der Waals surface area contributed by atoms with Crippen molar-refractivity contribution < 1.29 is 4.79 Å². The average Bonchev–Trinajstić information content (AvgIpc) is 3.11. The van der Waals surface area contributed by atoms with Crippen LogP contribution in [0.2, 0.25) is 0 Å². The van der Waals surface area contributed by atoms with Gasteiger partial charge in [-0.2, -0.15) is 0 Å². The number of carbonyl (C=O) groups is 1. The standard InChI is InChI=1S/C16H22N2O/c19-16(18-10-4-5-11-18)12-15-14(8-9-17-15)13-6-2-1-3-7-13/h1-3,6-7,14-15,17H,4-5,8-12H2/t14-,15-/m1/s1. The topological polar surface area (TPSA) is 32.3 Å². The number of carbonyl (C=O) groups excluding carboxylic acids is 1. The van der Waals surface area contributed by atoms with Crippen LogP contribution in [0.15, 0.2) is 30.3 Å². The number of amides is 1. The molecule has 19 heavy (non-hydrogen) atoms. The molecule has 0 aromatic heterocycles. The van der Waals surface area contributed by atoms with E-state index >= 15 is 0 Å². The van der Waals surface area contributed by atoms with Crippen LogP contribution < -0.4 is 5.32 Å². The van der Waals surface area contributed by atoms with E-state index in [0.29, 0.717) is 24.3 Å². The molecule has 1 N–H and O–H groups in total. The predicted octanol–water partition coefficient (Wildman–Crippen LogP) is 2.14. The minimum atomic E-state index is 0.315. The third-order valence-corrected chi connectivity index (χ3v) is 4.43. The van der Waals surface area contributed by atoms with E-state index in [2.05, 4.69) is 35.6 Å². The molecule has 1 amide bonds. The smallest absolute Gasteiger partial charge is 0.224 e. The highest BCUT2D eigenvalue weighted by atomic mass is 16.2. The van der Waals surface area contributed by atoms with Crippen LogP contribution in [0.25, 0.3) is 0 Å². The molecule has 0 radical (unpaired) electrons. The summed E-state index contributed by atoms with van der Waals surface area (Å²) in [6.45, 7) is 2.95. The molecule has 1 aromatic carbocycles. The van der Waals surface area contributed by atoms with Gasteiger partial charge in [0.15, 0.2) is 0 Å². The molecule has 2 aliphatic heterocycles. The van der Waals surface area contributed by atoms with E-state index in [4.69, 9.17) is 0 Å². The van der Waals surface area contributed by atoms with Crippen LogP contribution in [0, 0.1) is 0 Å². The Bertz CT molecular complexity index is 426. The molecule has 2 aliphatic rings. The number of nitrogens with one attached hydrogen (secondary N) is 1. The van der Waals surface area contributed by atoms with Crippen molar-refractivity contribution in [3.63, 3.8) is 0 Å². The first-order chi connectivity index (χ1) is 9.34. The molecule has 2 heterocycles. The molecule has 2 saturated heterocycles. The van der Waals surface area contributed by atoms with Gasteiger partial charge in [-0.05, 0) is 31.4 Å². The van der Waals surface area contributed by atoms with Crippen molar-refractivity contribution in [2.24, 2.45) is 0 Å². The minimum Gasteiger partial charge on any atom is -0.343 e. The number of hydrogen-bond donors (Lipinski definition) is 1. The molecule has 2 atom stereocenters. The van der Waals surface area contributed by atoms with Crippen molar-refractivity contribution in [1.29, 1.82) is 0 Å². The van der Waals surface area contributed by atoms with Gasteiger partial charge in [0.2, 0.25) is 5.91 Å². The average molecular weight is 258 g/mol. The molecule has 3 heteroatoms. The van der Waals surface area contributed by atoms with Crippen molar-refractivity contribution in [2.75, 3.05) is 19.6 Å². The van der Waals surface area contributed by atoms with E-state index in [-0.39, 0.29) is 0 Å². The van der Waals surface area contributed by atoms with Crippen LogP contribution in [-0.4, -0.2) is 36.5 Å². The van der Waals surface area contributed by atoms with E-state index in [0.717, 1.165) is 26.1 Å². The Morgan fingerprint density at radius 2 is 1.95 bits per heavy atom. The van der Waals surface area contributed by atoms with Crippen molar-refractivity contribution >= 4 is 5.91 Å². The Kier molecular flexibility index (Phi) is 3.83.